The lowest BCUT2D eigenvalue weighted by atomic mass is 10.1. The highest BCUT2D eigenvalue weighted by Gasteiger charge is 2.34. The Labute approximate surface area is 150 Å². The number of ketones is 1. The standard InChI is InChI=1S/C18H11F4N3O2/c1-10(26)13-3-2-12(8-14(13)19)27-16-9-15(18(20,21)22)24-17(25-16)11-4-6-23-7-5-11/h2-9H,1H3. The Hall–Kier alpha value is -3.36. The number of nitrogens with zero attached hydrogens (tertiary/aromatic N) is 3. The summed E-state index contributed by atoms with van der Waals surface area (Å²) >= 11 is 0. The highest BCUT2D eigenvalue weighted by Crippen LogP contribution is 2.32. The van der Waals surface area contributed by atoms with E-state index in [1.165, 1.54) is 43.6 Å². The van der Waals surface area contributed by atoms with E-state index in [2.05, 4.69) is 15.0 Å². The fraction of sp³-hybridized carbons (Fsp3) is 0.111. The van der Waals surface area contributed by atoms with Gasteiger partial charge in [-0.1, -0.05) is 0 Å². The average Bonchev–Trinajstić information content (AvgIpc) is 2.61. The molecular formula is C18H11F4N3O2. The van der Waals surface area contributed by atoms with Crippen molar-refractivity contribution in [3.05, 3.63) is 65.9 Å². The Morgan fingerprint density at radius 1 is 1.04 bits per heavy atom. The molecule has 27 heavy (non-hydrogen) atoms. The molecule has 1 aromatic carbocycles. The van der Waals surface area contributed by atoms with Crippen molar-refractivity contribution in [3.8, 4) is 23.0 Å². The number of alkyl halides is 3. The maximum absolute atomic E-state index is 13.9. The molecule has 0 saturated carbocycles. The predicted molar refractivity (Wildman–Crippen MR) is 86.7 cm³/mol. The fourth-order valence-electron chi connectivity index (χ4n) is 2.22. The van der Waals surface area contributed by atoms with Crippen molar-refractivity contribution in [1.29, 1.82) is 0 Å². The molecule has 2 heterocycles. The third-order valence-corrected chi connectivity index (χ3v) is 3.47. The van der Waals surface area contributed by atoms with Crippen LogP contribution < -0.4 is 4.74 Å². The molecule has 0 unspecified atom stereocenters. The van der Waals surface area contributed by atoms with Gasteiger partial charge in [0.15, 0.2) is 17.3 Å². The van der Waals surface area contributed by atoms with E-state index in [0.717, 1.165) is 6.07 Å². The van der Waals surface area contributed by atoms with Crippen LogP contribution in [0.15, 0.2) is 48.8 Å². The first kappa shape index (κ1) is 18.4. The third-order valence-electron chi connectivity index (χ3n) is 3.47. The summed E-state index contributed by atoms with van der Waals surface area (Å²) in [4.78, 5) is 22.5. The van der Waals surface area contributed by atoms with Gasteiger partial charge in [0.1, 0.15) is 11.6 Å². The molecule has 0 radical (unpaired) electrons. The van der Waals surface area contributed by atoms with Gasteiger partial charge in [0.2, 0.25) is 5.88 Å². The van der Waals surface area contributed by atoms with E-state index in [0.29, 0.717) is 11.6 Å². The summed E-state index contributed by atoms with van der Waals surface area (Å²) in [5, 5.41) is 0. The molecule has 5 nitrogen and oxygen atoms in total. The van der Waals surface area contributed by atoms with E-state index in [4.69, 9.17) is 4.74 Å². The van der Waals surface area contributed by atoms with E-state index in [1.54, 1.807) is 0 Å². The van der Waals surface area contributed by atoms with Gasteiger partial charge in [-0.3, -0.25) is 9.78 Å². The SMILES string of the molecule is CC(=O)c1ccc(Oc2cc(C(F)(F)F)nc(-c3ccncc3)n2)cc1F. The fourth-order valence-corrected chi connectivity index (χ4v) is 2.22. The lowest BCUT2D eigenvalue weighted by Crippen LogP contribution is -2.10. The molecule has 2 aromatic heterocycles. The van der Waals surface area contributed by atoms with Crippen molar-refractivity contribution >= 4 is 5.78 Å². The number of hydrogen-bond acceptors (Lipinski definition) is 5. The molecule has 0 N–H and O–H groups in total. The van der Waals surface area contributed by atoms with Crippen LogP contribution in [0.1, 0.15) is 23.0 Å². The minimum atomic E-state index is -4.73. The van der Waals surface area contributed by atoms with Gasteiger partial charge in [-0.25, -0.2) is 9.37 Å². The van der Waals surface area contributed by atoms with Gasteiger partial charge >= 0.3 is 6.18 Å². The Kier molecular flexibility index (Phi) is 4.85. The molecule has 9 heteroatoms. The summed E-state index contributed by atoms with van der Waals surface area (Å²) in [7, 11) is 0. The van der Waals surface area contributed by atoms with Crippen molar-refractivity contribution in [1.82, 2.24) is 15.0 Å². The van der Waals surface area contributed by atoms with Gasteiger partial charge in [-0.05, 0) is 31.2 Å². The molecule has 0 amide bonds. The van der Waals surface area contributed by atoms with Gasteiger partial charge in [0.25, 0.3) is 0 Å². The number of pyridine rings is 1. The predicted octanol–water partition coefficient (Wildman–Crippen LogP) is 4.69. The minimum Gasteiger partial charge on any atom is -0.439 e. The molecule has 0 atom stereocenters. The second kappa shape index (κ2) is 7.10. The zero-order valence-electron chi connectivity index (χ0n) is 13.8. The first-order valence-electron chi connectivity index (χ1n) is 7.59. The van der Waals surface area contributed by atoms with Crippen molar-refractivity contribution < 1.29 is 27.1 Å². The van der Waals surface area contributed by atoms with E-state index < -0.39 is 29.4 Å². The maximum Gasteiger partial charge on any atom is 0.433 e. The summed E-state index contributed by atoms with van der Waals surface area (Å²) in [5.74, 6) is -2.08. The number of Topliss-reactive ketones (excluding diaryl/α,β-unsaturated/α-hetero) is 1. The normalized spacial score (nSPS) is 11.3. The second-order valence-corrected chi connectivity index (χ2v) is 5.45. The van der Waals surface area contributed by atoms with Crippen LogP contribution in [0.5, 0.6) is 11.6 Å². The van der Waals surface area contributed by atoms with Crippen LogP contribution in [0.25, 0.3) is 11.4 Å². The van der Waals surface area contributed by atoms with Crippen molar-refractivity contribution in [2.75, 3.05) is 0 Å². The Bertz CT molecular complexity index is 992. The van der Waals surface area contributed by atoms with Crippen LogP contribution in [-0.2, 0) is 6.18 Å². The number of hydrogen-bond donors (Lipinski definition) is 0. The molecule has 0 spiro atoms. The molecule has 0 saturated heterocycles. The number of rotatable bonds is 4. The van der Waals surface area contributed by atoms with E-state index in [9.17, 15) is 22.4 Å². The summed E-state index contributed by atoms with van der Waals surface area (Å²) < 4.78 is 58.6. The lowest BCUT2D eigenvalue weighted by Gasteiger charge is -2.11. The van der Waals surface area contributed by atoms with Gasteiger partial charge in [0, 0.05) is 30.1 Å². The molecule has 0 aliphatic rings. The molecule has 0 fully saturated rings. The molecule has 0 bridgehead atoms. The Balaban J connectivity index is 2.02. The van der Waals surface area contributed by atoms with E-state index in [1.807, 2.05) is 0 Å². The highest BCUT2D eigenvalue weighted by molar-refractivity contribution is 5.94. The number of ether oxygens (including phenoxy) is 1. The molecule has 0 aliphatic carbocycles. The molecule has 3 aromatic rings. The van der Waals surface area contributed by atoms with Gasteiger partial charge in [-0.2, -0.15) is 18.2 Å². The first-order valence-corrected chi connectivity index (χ1v) is 7.59. The van der Waals surface area contributed by atoms with Crippen LogP contribution >= 0.6 is 0 Å². The lowest BCUT2D eigenvalue weighted by molar-refractivity contribution is -0.141. The van der Waals surface area contributed by atoms with Gasteiger partial charge < -0.3 is 4.74 Å². The Morgan fingerprint density at radius 3 is 2.33 bits per heavy atom. The minimum absolute atomic E-state index is 0.106. The number of carbonyl (C=O) groups excluding carboxylic acids is 1. The molecular weight excluding hydrogens is 366 g/mol. The largest absolute Gasteiger partial charge is 0.439 e. The first-order chi connectivity index (χ1) is 12.7. The summed E-state index contributed by atoms with van der Waals surface area (Å²) in [6, 6.07) is 6.85. The topological polar surface area (TPSA) is 65.0 Å². The zero-order chi connectivity index (χ0) is 19.6. The average molecular weight is 377 g/mol. The Morgan fingerprint density at radius 2 is 1.74 bits per heavy atom. The van der Waals surface area contributed by atoms with Crippen LogP contribution in [0.3, 0.4) is 0 Å². The van der Waals surface area contributed by atoms with Gasteiger partial charge in [0.05, 0.1) is 5.56 Å². The second-order valence-electron chi connectivity index (χ2n) is 5.45. The monoisotopic (exact) mass is 377 g/mol. The number of halogens is 4. The van der Waals surface area contributed by atoms with Crippen LogP contribution in [-0.4, -0.2) is 20.7 Å². The van der Waals surface area contributed by atoms with Crippen molar-refractivity contribution in [2.24, 2.45) is 0 Å². The summed E-state index contributed by atoms with van der Waals surface area (Å²) in [5.41, 5.74) is -1.06. The number of carbonyl (C=O) groups is 1. The molecule has 0 aliphatic heterocycles. The third kappa shape index (κ3) is 4.25. The molecule has 3 rings (SSSR count). The maximum atomic E-state index is 13.9. The quantitative estimate of drug-likeness (QED) is 0.487. The van der Waals surface area contributed by atoms with Crippen LogP contribution in [0.2, 0.25) is 0 Å². The number of aromatic nitrogens is 3. The molecule has 138 valence electrons. The number of benzene rings is 1. The van der Waals surface area contributed by atoms with Gasteiger partial charge in [-0.15, -0.1) is 0 Å². The van der Waals surface area contributed by atoms with E-state index >= 15 is 0 Å². The summed E-state index contributed by atoms with van der Waals surface area (Å²) in [6.45, 7) is 1.19. The smallest absolute Gasteiger partial charge is 0.433 e. The zero-order valence-corrected chi connectivity index (χ0v) is 13.8. The summed E-state index contributed by atoms with van der Waals surface area (Å²) in [6.07, 6.45) is -1.96. The van der Waals surface area contributed by atoms with Crippen molar-refractivity contribution in [2.45, 2.75) is 13.1 Å². The van der Waals surface area contributed by atoms with Crippen LogP contribution in [0, 0.1) is 5.82 Å². The van der Waals surface area contributed by atoms with Crippen LogP contribution in [0.4, 0.5) is 17.6 Å². The van der Waals surface area contributed by atoms with E-state index in [-0.39, 0.29) is 17.1 Å². The van der Waals surface area contributed by atoms with Crippen molar-refractivity contribution in [3.63, 3.8) is 0 Å². The highest BCUT2D eigenvalue weighted by atomic mass is 19.4.